The van der Waals surface area contributed by atoms with Crippen LogP contribution in [0.25, 0.3) is 0 Å². The number of ether oxygens (including phenoxy) is 2. The number of esters is 1. The van der Waals surface area contributed by atoms with Crippen LogP contribution >= 0.6 is 0 Å². The minimum Gasteiger partial charge on any atom is -0.460 e. The highest BCUT2D eigenvalue weighted by Gasteiger charge is 2.45. The molecule has 5 atom stereocenters. The molecule has 1 N–H and O–H groups in total. The predicted molar refractivity (Wildman–Crippen MR) is 99.9 cm³/mol. The van der Waals surface area contributed by atoms with Gasteiger partial charge in [-0.3, -0.25) is 4.79 Å². The number of rotatable bonds is 3. The molecule has 2 aliphatic heterocycles. The van der Waals surface area contributed by atoms with E-state index in [0.717, 1.165) is 0 Å². The van der Waals surface area contributed by atoms with Gasteiger partial charge < -0.3 is 19.0 Å². The summed E-state index contributed by atoms with van der Waals surface area (Å²) in [5.74, 6) is -0.368. The molecule has 25 heavy (non-hydrogen) atoms. The Kier molecular flexibility index (Phi) is 5.89. The zero-order valence-electron chi connectivity index (χ0n) is 16.7. The second-order valence-electron chi connectivity index (χ2n) is 9.18. The summed E-state index contributed by atoms with van der Waals surface area (Å²) in [4.78, 5) is 11.5. The van der Waals surface area contributed by atoms with Crippen LogP contribution in [0.2, 0.25) is 18.1 Å². The maximum absolute atomic E-state index is 11.5. The normalized spacial score (nSPS) is 36.5. The first kappa shape index (κ1) is 20.6. The van der Waals surface area contributed by atoms with Crippen molar-refractivity contribution in [3.05, 3.63) is 12.2 Å². The number of carbonyl (C=O) groups excluding carboxylic acids is 1. The van der Waals surface area contributed by atoms with Gasteiger partial charge in [0.1, 0.15) is 17.8 Å². The lowest BCUT2D eigenvalue weighted by Gasteiger charge is -2.40. The largest absolute Gasteiger partial charge is 0.460 e. The number of fused-ring (bicyclic) bond motifs is 2. The molecular formula is C19H34O5Si. The third kappa shape index (κ3) is 4.93. The van der Waals surface area contributed by atoms with E-state index in [0.29, 0.717) is 19.3 Å². The summed E-state index contributed by atoms with van der Waals surface area (Å²) >= 11 is 0. The van der Waals surface area contributed by atoms with Crippen LogP contribution in [0.1, 0.15) is 53.9 Å². The molecular weight excluding hydrogens is 336 g/mol. The Balaban J connectivity index is 2.22. The molecule has 0 saturated carbocycles. The first-order valence-electron chi connectivity index (χ1n) is 9.23. The molecule has 1 fully saturated rings. The number of hydrogen-bond donors (Lipinski definition) is 1. The van der Waals surface area contributed by atoms with Crippen molar-refractivity contribution < 1.29 is 23.8 Å². The van der Waals surface area contributed by atoms with Gasteiger partial charge in [-0.2, -0.15) is 0 Å². The fourth-order valence-electron chi connectivity index (χ4n) is 3.25. The summed E-state index contributed by atoms with van der Waals surface area (Å²) in [7, 11) is -1.96. The summed E-state index contributed by atoms with van der Waals surface area (Å²) in [6.45, 7) is 14.2. The third-order valence-corrected chi connectivity index (χ3v) is 10.3. The summed E-state index contributed by atoms with van der Waals surface area (Å²) in [5, 5.41) is 11.0. The zero-order valence-corrected chi connectivity index (χ0v) is 17.7. The monoisotopic (exact) mass is 370 g/mol. The lowest BCUT2D eigenvalue weighted by molar-refractivity contribution is -0.164. The summed E-state index contributed by atoms with van der Waals surface area (Å²) in [5.41, 5.74) is -1.12. The van der Waals surface area contributed by atoms with Gasteiger partial charge in [0.15, 0.2) is 8.32 Å². The Labute approximate surface area is 152 Å². The molecule has 0 unspecified atom stereocenters. The van der Waals surface area contributed by atoms with Crippen LogP contribution in [0.15, 0.2) is 12.2 Å². The van der Waals surface area contributed by atoms with Crippen molar-refractivity contribution in [1.29, 1.82) is 0 Å². The Morgan fingerprint density at radius 1 is 1.28 bits per heavy atom. The quantitative estimate of drug-likeness (QED) is 0.467. The molecule has 0 spiro atoms. The lowest BCUT2D eigenvalue weighted by Crippen LogP contribution is -2.47. The molecule has 1 saturated heterocycles. The Morgan fingerprint density at radius 3 is 2.48 bits per heavy atom. The van der Waals surface area contributed by atoms with Gasteiger partial charge in [0, 0.05) is 13.3 Å². The average molecular weight is 371 g/mol. The van der Waals surface area contributed by atoms with Crippen molar-refractivity contribution in [3.8, 4) is 0 Å². The van der Waals surface area contributed by atoms with Gasteiger partial charge in [0.2, 0.25) is 0 Å². The van der Waals surface area contributed by atoms with E-state index in [1.54, 1.807) is 6.92 Å². The van der Waals surface area contributed by atoms with E-state index >= 15 is 0 Å². The predicted octanol–water partition coefficient (Wildman–Crippen LogP) is 3.57. The molecule has 0 aromatic carbocycles. The van der Waals surface area contributed by atoms with Crippen molar-refractivity contribution in [2.75, 3.05) is 0 Å². The molecule has 0 aliphatic carbocycles. The van der Waals surface area contributed by atoms with Gasteiger partial charge in [0.25, 0.3) is 0 Å². The Bertz CT molecular complexity index is 520. The highest BCUT2D eigenvalue weighted by Crippen LogP contribution is 2.40. The molecule has 0 aromatic rings. The number of carbonyl (C=O) groups is 1. The molecule has 144 valence electrons. The maximum atomic E-state index is 11.5. The van der Waals surface area contributed by atoms with Crippen LogP contribution in [0.4, 0.5) is 0 Å². The second-order valence-corrected chi connectivity index (χ2v) is 13.9. The lowest BCUT2D eigenvalue weighted by atomic mass is 9.88. The molecule has 2 aliphatic rings. The van der Waals surface area contributed by atoms with E-state index < -0.39 is 20.0 Å². The highest BCUT2D eigenvalue weighted by atomic mass is 28.4. The molecule has 0 radical (unpaired) electrons. The summed E-state index contributed by atoms with van der Waals surface area (Å²) < 4.78 is 18.2. The first-order valence-corrected chi connectivity index (χ1v) is 12.1. The molecule has 2 bridgehead atoms. The van der Waals surface area contributed by atoms with Crippen molar-refractivity contribution in [1.82, 2.24) is 0 Å². The second kappa shape index (κ2) is 7.14. The van der Waals surface area contributed by atoms with Gasteiger partial charge >= 0.3 is 5.97 Å². The molecule has 2 rings (SSSR count). The van der Waals surface area contributed by atoms with E-state index in [1.807, 2.05) is 6.08 Å². The fourth-order valence-corrected chi connectivity index (χ4v) is 4.61. The van der Waals surface area contributed by atoms with Crippen molar-refractivity contribution in [3.63, 3.8) is 0 Å². The summed E-state index contributed by atoms with van der Waals surface area (Å²) in [6, 6.07) is 0. The van der Waals surface area contributed by atoms with E-state index in [-0.39, 0.29) is 29.3 Å². The smallest absolute Gasteiger partial charge is 0.303 e. The Hall–Kier alpha value is -0.693. The third-order valence-electron chi connectivity index (χ3n) is 5.80. The minimum absolute atomic E-state index is 0.0888. The van der Waals surface area contributed by atoms with Crippen LogP contribution in [0.5, 0.6) is 0 Å². The van der Waals surface area contributed by atoms with Gasteiger partial charge in [-0.15, -0.1) is 0 Å². The van der Waals surface area contributed by atoms with Crippen LogP contribution in [-0.2, 0) is 18.7 Å². The average Bonchev–Trinajstić information content (AvgIpc) is 2.87. The Morgan fingerprint density at radius 2 is 1.92 bits per heavy atom. The fraction of sp³-hybridized carbons (Fsp3) is 0.842. The van der Waals surface area contributed by atoms with Crippen molar-refractivity contribution in [2.24, 2.45) is 0 Å². The van der Waals surface area contributed by atoms with E-state index in [4.69, 9.17) is 13.9 Å². The van der Waals surface area contributed by atoms with Gasteiger partial charge in [0.05, 0.1) is 12.2 Å². The van der Waals surface area contributed by atoms with Gasteiger partial charge in [-0.05, 0) is 37.9 Å². The standard InChI is InChI=1S/C19H34O5Si/c1-13(20)22-17-11-10-16(24-25(6,7)18(2,3)4)15-9-8-14(23-15)12-19(17,5)21/h8-9,14-17,21H,10-12H2,1-7H3/t14-,15+,16+,17-,19+/m0/s1. The summed E-state index contributed by atoms with van der Waals surface area (Å²) in [6.07, 6.45) is 4.79. The number of aliphatic hydroxyl groups is 1. The topological polar surface area (TPSA) is 65.0 Å². The molecule has 6 heteroatoms. The van der Waals surface area contributed by atoms with Crippen LogP contribution in [0.3, 0.4) is 0 Å². The SMILES string of the molecule is CC(=O)O[C@H]1CC[C@@H](O[Si](C)(C)C(C)(C)C)[C@H]2C=C[C@@H](C[C@@]1(C)O)O2. The van der Waals surface area contributed by atoms with Gasteiger partial charge in [-0.25, -0.2) is 0 Å². The molecule has 2 heterocycles. The highest BCUT2D eigenvalue weighted by molar-refractivity contribution is 6.74. The number of hydrogen-bond acceptors (Lipinski definition) is 5. The van der Waals surface area contributed by atoms with Crippen molar-refractivity contribution in [2.45, 2.75) is 102 Å². The molecule has 0 aromatic heterocycles. The van der Waals surface area contributed by atoms with Crippen LogP contribution in [-0.4, -0.2) is 49.4 Å². The van der Waals surface area contributed by atoms with E-state index in [1.165, 1.54) is 6.92 Å². The first-order chi connectivity index (χ1) is 11.3. The van der Waals surface area contributed by atoms with Gasteiger partial charge in [-0.1, -0.05) is 32.9 Å². The van der Waals surface area contributed by atoms with Crippen LogP contribution < -0.4 is 0 Å². The van der Waals surface area contributed by atoms with E-state index in [9.17, 15) is 9.90 Å². The minimum atomic E-state index is -1.96. The molecule has 0 amide bonds. The van der Waals surface area contributed by atoms with Crippen molar-refractivity contribution >= 4 is 14.3 Å². The molecule has 5 nitrogen and oxygen atoms in total. The maximum Gasteiger partial charge on any atom is 0.303 e. The zero-order chi connectivity index (χ0) is 19.0. The van der Waals surface area contributed by atoms with Crippen LogP contribution in [0, 0.1) is 0 Å². The van der Waals surface area contributed by atoms with E-state index in [2.05, 4.69) is 39.9 Å².